The lowest BCUT2D eigenvalue weighted by atomic mass is 9.83. The third-order valence-electron chi connectivity index (χ3n) is 3.18. The Labute approximate surface area is 103 Å². The molecule has 0 radical (unpaired) electrons. The maximum atomic E-state index is 11.5. The maximum absolute atomic E-state index is 11.5. The van der Waals surface area contributed by atoms with E-state index >= 15 is 0 Å². The van der Waals surface area contributed by atoms with Crippen LogP contribution in [0.15, 0.2) is 4.99 Å². The number of aliphatic imine (C=N–C) groups is 1. The molecule has 1 heterocycles. The van der Waals surface area contributed by atoms with Gasteiger partial charge >= 0.3 is 5.97 Å². The van der Waals surface area contributed by atoms with E-state index in [4.69, 9.17) is 9.47 Å². The Kier molecular flexibility index (Phi) is 6.01. The van der Waals surface area contributed by atoms with E-state index in [1.54, 1.807) is 0 Å². The summed E-state index contributed by atoms with van der Waals surface area (Å²) in [4.78, 5) is 16.0. The summed E-state index contributed by atoms with van der Waals surface area (Å²) >= 11 is 0. The molecule has 0 saturated heterocycles. The monoisotopic (exact) mass is 241 g/mol. The summed E-state index contributed by atoms with van der Waals surface area (Å²) < 4.78 is 10.5. The van der Waals surface area contributed by atoms with Crippen LogP contribution in [0.1, 0.15) is 40.0 Å². The second-order valence-corrected chi connectivity index (χ2v) is 4.31. The quantitative estimate of drug-likeness (QED) is 0.694. The summed E-state index contributed by atoms with van der Waals surface area (Å²) in [7, 11) is 0. The Bertz CT molecular complexity index is 276. The van der Waals surface area contributed by atoms with E-state index in [1.165, 1.54) is 0 Å². The summed E-state index contributed by atoms with van der Waals surface area (Å²) in [5.74, 6) is 1.49. The number of carbonyl (C=O) groups is 1. The molecule has 0 unspecified atom stereocenters. The van der Waals surface area contributed by atoms with Crippen molar-refractivity contribution in [2.24, 2.45) is 16.8 Å². The first-order valence-electron chi connectivity index (χ1n) is 6.52. The number of esters is 1. The lowest BCUT2D eigenvalue weighted by molar-refractivity contribution is -0.144. The van der Waals surface area contributed by atoms with E-state index in [-0.39, 0.29) is 5.97 Å². The highest BCUT2D eigenvalue weighted by molar-refractivity contribution is 5.78. The van der Waals surface area contributed by atoms with Gasteiger partial charge in [-0.2, -0.15) is 0 Å². The van der Waals surface area contributed by atoms with Gasteiger partial charge < -0.3 is 9.47 Å². The van der Waals surface area contributed by atoms with E-state index in [1.807, 2.05) is 13.8 Å². The molecular weight excluding hydrogens is 218 g/mol. The first kappa shape index (κ1) is 14.0. The standard InChI is InChI=1S/C13H23NO3/c1-4-10-9-14-12(16-5-2)7-11(10)8-13(15)17-6-3/h10-11H,4-9H2,1-3H3/t10-,11+/m1/s1. The van der Waals surface area contributed by atoms with Gasteiger partial charge in [-0.25, -0.2) is 0 Å². The zero-order chi connectivity index (χ0) is 12.7. The summed E-state index contributed by atoms with van der Waals surface area (Å²) in [6.45, 7) is 7.80. The number of nitrogens with zero attached hydrogens (tertiary/aromatic N) is 1. The van der Waals surface area contributed by atoms with Gasteiger partial charge in [-0.3, -0.25) is 9.79 Å². The van der Waals surface area contributed by atoms with E-state index in [2.05, 4.69) is 11.9 Å². The normalized spacial score (nSPS) is 24.1. The Balaban J connectivity index is 2.55. The fourth-order valence-corrected chi connectivity index (χ4v) is 2.23. The highest BCUT2D eigenvalue weighted by atomic mass is 16.5. The van der Waals surface area contributed by atoms with E-state index in [0.717, 1.165) is 25.3 Å². The average molecular weight is 241 g/mol. The van der Waals surface area contributed by atoms with Crippen LogP contribution in [0, 0.1) is 11.8 Å². The van der Waals surface area contributed by atoms with Gasteiger partial charge in [0.1, 0.15) is 0 Å². The highest BCUT2D eigenvalue weighted by Gasteiger charge is 2.28. The topological polar surface area (TPSA) is 47.9 Å². The second-order valence-electron chi connectivity index (χ2n) is 4.31. The van der Waals surface area contributed by atoms with Gasteiger partial charge in [0, 0.05) is 19.4 Å². The van der Waals surface area contributed by atoms with Crippen LogP contribution in [0.25, 0.3) is 0 Å². The van der Waals surface area contributed by atoms with Crippen molar-refractivity contribution in [3.63, 3.8) is 0 Å². The minimum absolute atomic E-state index is 0.103. The van der Waals surface area contributed by atoms with Gasteiger partial charge in [0.25, 0.3) is 0 Å². The molecular formula is C13H23NO3. The van der Waals surface area contributed by atoms with Crippen molar-refractivity contribution in [3.05, 3.63) is 0 Å². The predicted octanol–water partition coefficient (Wildman–Crippen LogP) is 2.42. The minimum Gasteiger partial charge on any atom is -0.481 e. The van der Waals surface area contributed by atoms with Gasteiger partial charge in [-0.15, -0.1) is 0 Å². The Hall–Kier alpha value is -1.06. The summed E-state index contributed by atoms with van der Waals surface area (Å²) in [6.07, 6.45) is 2.30. The smallest absolute Gasteiger partial charge is 0.306 e. The lowest BCUT2D eigenvalue weighted by Crippen LogP contribution is -2.29. The molecule has 0 fully saturated rings. The van der Waals surface area contributed by atoms with Crippen molar-refractivity contribution in [2.75, 3.05) is 19.8 Å². The van der Waals surface area contributed by atoms with E-state index in [9.17, 15) is 4.79 Å². The van der Waals surface area contributed by atoms with E-state index in [0.29, 0.717) is 31.5 Å². The first-order valence-corrected chi connectivity index (χ1v) is 6.52. The van der Waals surface area contributed by atoms with Gasteiger partial charge in [-0.05, 0) is 25.7 Å². The van der Waals surface area contributed by atoms with Crippen LogP contribution >= 0.6 is 0 Å². The Morgan fingerprint density at radius 1 is 1.29 bits per heavy atom. The molecule has 0 bridgehead atoms. The molecule has 0 saturated carbocycles. The number of ether oxygens (including phenoxy) is 2. The Morgan fingerprint density at radius 2 is 2.06 bits per heavy atom. The molecule has 98 valence electrons. The number of carbonyl (C=O) groups excluding carboxylic acids is 1. The molecule has 2 atom stereocenters. The maximum Gasteiger partial charge on any atom is 0.306 e. The summed E-state index contributed by atoms with van der Waals surface area (Å²) in [5, 5.41) is 0. The van der Waals surface area contributed by atoms with Crippen molar-refractivity contribution in [1.82, 2.24) is 0 Å². The number of hydrogen-bond acceptors (Lipinski definition) is 4. The summed E-state index contributed by atoms with van der Waals surface area (Å²) in [5.41, 5.74) is 0. The van der Waals surface area contributed by atoms with Crippen LogP contribution in [0.2, 0.25) is 0 Å². The molecule has 0 aromatic rings. The summed E-state index contributed by atoms with van der Waals surface area (Å²) in [6, 6.07) is 0. The largest absolute Gasteiger partial charge is 0.481 e. The lowest BCUT2D eigenvalue weighted by Gasteiger charge is -2.28. The average Bonchev–Trinajstić information content (AvgIpc) is 2.30. The molecule has 1 aliphatic rings. The zero-order valence-electron chi connectivity index (χ0n) is 11.1. The molecule has 0 aromatic heterocycles. The molecule has 4 heteroatoms. The molecule has 1 aliphatic heterocycles. The zero-order valence-corrected chi connectivity index (χ0v) is 11.1. The van der Waals surface area contributed by atoms with Crippen LogP contribution in [0.5, 0.6) is 0 Å². The minimum atomic E-state index is -0.103. The van der Waals surface area contributed by atoms with Crippen molar-refractivity contribution in [3.8, 4) is 0 Å². The second kappa shape index (κ2) is 7.30. The molecule has 0 aliphatic carbocycles. The predicted molar refractivity (Wildman–Crippen MR) is 67.1 cm³/mol. The molecule has 1 rings (SSSR count). The van der Waals surface area contributed by atoms with Gasteiger partial charge in [-0.1, -0.05) is 13.3 Å². The first-order chi connectivity index (χ1) is 8.21. The molecule has 0 N–H and O–H groups in total. The van der Waals surface area contributed by atoms with Crippen LogP contribution in [0.3, 0.4) is 0 Å². The molecule has 0 amide bonds. The number of hydrogen-bond donors (Lipinski definition) is 0. The molecule has 0 spiro atoms. The fourth-order valence-electron chi connectivity index (χ4n) is 2.23. The molecule has 17 heavy (non-hydrogen) atoms. The Morgan fingerprint density at radius 3 is 2.65 bits per heavy atom. The van der Waals surface area contributed by atoms with Crippen molar-refractivity contribution < 1.29 is 14.3 Å². The van der Waals surface area contributed by atoms with Crippen LogP contribution in [-0.2, 0) is 14.3 Å². The fraction of sp³-hybridized carbons (Fsp3) is 0.846. The third-order valence-corrected chi connectivity index (χ3v) is 3.18. The number of rotatable bonds is 5. The van der Waals surface area contributed by atoms with Crippen molar-refractivity contribution in [1.29, 1.82) is 0 Å². The van der Waals surface area contributed by atoms with Crippen molar-refractivity contribution in [2.45, 2.75) is 40.0 Å². The molecule has 0 aromatic carbocycles. The molecule has 4 nitrogen and oxygen atoms in total. The third kappa shape index (κ3) is 4.36. The van der Waals surface area contributed by atoms with E-state index < -0.39 is 0 Å². The van der Waals surface area contributed by atoms with Crippen LogP contribution in [0.4, 0.5) is 0 Å². The van der Waals surface area contributed by atoms with Gasteiger partial charge in [0.05, 0.1) is 13.2 Å². The van der Waals surface area contributed by atoms with Crippen molar-refractivity contribution >= 4 is 11.9 Å². The SMILES string of the molecule is CCOC(=O)C[C@@H]1CC(OCC)=NC[C@H]1CC. The van der Waals surface area contributed by atoms with Gasteiger partial charge in [0.2, 0.25) is 0 Å². The van der Waals surface area contributed by atoms with Crippen LogP contribution < -0.4 is 0 Å². The van der Waals surface area contributed by atoms with Crippen LogP contribution in [-0.4, -0.2) is 31.6 Å². The van der Waals surface area contributed by atoms with Gasteiger partial charge in [0.15, 0.2) is 5.90 Å². The highest BCUT2D eigenvalue weighted by Crippen LogP contribution is 2.28.